The molecule has 1 aromatic heterocycles. The molecular formula is C11H18N2OS. The fourth-order valence-corrected chi connectivity index (χ4v) is 2.48. The van der Waals surface area contributed by atoms with Crippen LogP contribution in [-0.4, -0.2) is 28.5 Å². The number of rotatable bonds is 6. The summed E-state index contributed by atoms with van der Waals surface area (Å²) >= 11 is 1.67. The van der Waals surface area contributed by atoms with E-state index in [9.17, 15) is 0 Å². The van der Waals surface area contributed by atoms with Crippen molar-refractivity contribution in [2.45, 2.75) is 24.6 Å². The fraction of sp³-hybridized carbons (Fsp3) is 0.545. The van der Waals surface area contributed by atoms with E-state index in [0.29, 0.717) is 5.75 Å². The molecule has 0 aliphatic heterocycles. The molecule has 0 amide bonds. The number of hydrogen-bond donors (Lipinski definition) is 2. The van der Waals surface area contributed by atoms with Gasteiger partial charge < -0.3 is 10.8 Å². The molecule has 1 aromatic rings. The molecule has 0 fully saturated rings. The zero-order chi connectivity index (χ0) is 11.1. The average molecular weight is 226 g/mol. The van der Waals surface area contributed by atoms with Crippen LogP contribution in [0.3, 0.4) is 0 Å². The Hall–Kier alpha value is -0.580. The Morgan fingerprint density at radius 3 is 2.87 bits per heavy atom. The molecule has 2 unspecified atom stereocenters. The van der Waals surface area contributed by atoms with Crippen LogP contribution in [0.4, 0.5) is 0 Å². The summed E-state index contributed by atoms with van der Waals surface area (Å²) in [5, 5.41) is 9.02. The number of aliphatic hydroxyl groups is 1. The Morgan fingerprint density at radius 1 is 1.53 bits per heavy atom. The van der Waals surface area contributed by atoms with Crippen LogP contribution < -0.4 is 5.73 Å². The van der Waals surface area contributed by atoms with E-state index in [-0.39, 0.29) is 17.9 Å². The lowest BCUT2D eigenvalue weighted by molar-refractivity contribution is 0.322. The van der Waals surface area contributed by atoms with Gasteiger partial charge in [-0.05, 0) is 18.6 Å². The SMILES string of the molecule is CCC(N)C(SCCO)c1ccccn1. The van der Waals surface area contributed by atoms with Crippen molar-refractivity contribution >= 4 is 11.8 Å². The summed E-state index contributed by atoms with van der Waals surface area (Å²) in [7, 11) is 0. The molecule has 2 atom stereocenters. The molecule has 0 saturated carbocycles. The highest BCUT2D eigenvalue weighted by Crippen LogP contribution is 2.30. The molecule has 1 rings (SSSR count). The third-order valence-corrected chi connectivity index (χ3v) is 3.60. The maximum Gasteiger partial charge on any atom is 0.0621 e. The number of aliphatic hydroxyl groups excluding tert-OH is 1. The van der Waals surface area contributed by atoms with Crippen molar-refractivity contribution in [2.24, 2.45) is 5.73 Å². The summed E-state index contributed by atoms with van der Waals surface area (Å²) in [5.74, 6) is 0.703. The topological polar surface area (TPSA) is 59.1 Å². The summed E-state index contributed by atoms with van der Waals surface area (Å²) in [4.78, 5) is 4.32. The first-order chi connectivity index (χ1) is 7.29. The standard InChI is InChI=1S/C11H18N2OS/c1-2-9(12)11(15-8-7-14)10-5-3-4-6-13-10/h3-6,9,11,14H,2,7-8,12H2,1H3. The maximum atomic E-state index is 8.83. The number of nitrogens with zero attached hydrogens (tertiary/aromatic N) is 1. The lowest BCUT2D eigenvalue weighted by Crippen LogP contribution is -2.26. The van der Waals surface area contributed by atoms with Crippen LogP contribution in [0.5, 0.6) is 0 Å². The van der Waals surface area contributed by atoms with Crippen molar-refractivity contribution < 1.29 is 5.11 Å². The molecule has 15 heavy (non-hydrogen) atoms. The van der Waals surface area contributed by atoms with Crippen LogP contribution in [0.2, 0.25) is 0 Å². The highest BCUT2D eigenvalue weighted by Gasteiger charge is 2.19. The smallest absolute Gasteiger partial charge is 0.0621 e. The number of hydrogen-bond acceptors (Lipinski definition) is 4. The van der Waals surface area contributed by atoms with Gasteiger partial charge in [-0.3, -0.25) is 4.98 Å². The zero-order valence-electron chi connectivity index (χ0n) is 8.97. The Bertz CT molecular complexity index is 269. The molecule has 0 radical (unpaired) electrons. The van der Waals surface area contributed by atoms with Gasteiger partial charge in [-0.15, -0.1) is 11.8 Å². The normalized spacial score (nSPS) is 14.9. The third-order valence-electron chi connectivity index (χ3n) is 2.23. The van der Waals surface area contributed by atoms with Crippen LogP contribution >= 0.6 is 11.8 Å². The highest BCUT2D eigenvalue weighted by atomic mass is 32.2. The third kappa shape index (κ3) is 3.81. The Morgan fingerprint density at radius 2 is 2.33 bits per heavy atom. The molecule has 3 nitrogen and oxygen atoms in total. The van der Waals surface area contributed by atoms with Crippen LogP contribution in [0.25, 0.3) is 0 Å². The number of thioether (sulfide) groups is 1. The van der Waals surface area contributed by atoms with Crippen molar-refractivity contribution in [1.82, 2.24) is 4.98 Å². The van der Waals surface area contributed by atoms with Crippen molar-refractivity contribution in [3.05, 3.63) is 30.1 Å². The number of aromatic nitrogens is 1. The molecule has 3 N–H and O–H groups in total. The van der Waals surface area contributed by atoms with E-state index in [1.807, 2.05) is 18.2 Å². The van der Waals surface area contributed by atoms with Crippen LogP contribution in [0.15, 0.2) is 24.4 Å². The predicted molar refractivity (Wildman–Crippen MR) is 64.8 cm³/mol. The second-order valence-electron chi connectivity index (χ2n) is 3.34. The summed E-state index contributed by atoms with van der Waals surface area (Å²) < 4.78 is 0. The summed E-state index contributed by atoms with van der Waals surface area (Å²) in [6.07, 6.45) is 2.70. The van der Waals surface area contributed by atoms with Gasteiger partial charge in [0.1, 0.15) is 0 Å². The quantitative estimate of drug-likeness (QED) is 0.773. The minimum Gasteiger partial charge on any atom is -0.396 e. The minimum absolute atomic E-state index is 0.0939. The number of pyridine rings is 1. The molecule has 0 saturated heterocycles. The monoisotopic (exact) mass is 226 g/mol. The van der Waals surface area contributed by atoms with Crippen LogP contribution in [0, 0.1) is 0 Å². The first kappa shape index (κ1) is 12.5. The summed E-state index contributed by atoms with van der Waals surface area (Å²) in [6.45, 7) is 2.25. The molecule has 1 heterocycles. The van der Waals surface area contributed by atoms with E-state index in [2.05, 4.69) is 11.9 Å². The average Bonchev–Trinajstić information content (AvgIpc) is 2.30. The van der Waals surface area contributed by atoms with Crippen LogP contribution in [0.1, 0.15) is 24.3 Å². The first-order valence-corrected chi connectivity index (χ1v) is 6.23. The Kier molecular flexibility index (Phi) is 5.68. The lowest BCUT2D eigenvalue weighted by atomic mass is 10.1. The summed E-state index contributed by atoms with van der Waals surface area (Å²) in [6, 6.07) is 5.95. The van der Waals surface area contributed by atoms with Gasteiger partial charge in [-0.25, -0.2) is 0 Å². The summed E-state index contributed by atoms with van der Waals surface area (Å²) in [5.41, 5.74) is 7.05. The molecule has 0 spiro atoms. The van der Waals surface area contributed by atoms with Crippen molar-refractivity contribution in [2.75, 3.05) is 12.4 Å². The molecule has 0 aliphatic carbocycles. The van der Waals surface area contributed by atoms with E-state index in [1.165, 1.54) is 0 Å². The first-order valence-electron chi connectivity index (χ1n) is 5.18. The lowest BCUT2D eigenvalue weighted by Gasteiger charge is -2.21. The fourth-order valence-electron chi connectivity index (χ4n) is 1.37. The minimum atomic E-state index is 0.0939. The molecule has 0 aromatic carbocycles. The van der Waals surface area contributed by atoms with Crippen LogP contribution in [-0.2, 0) is 0 Å². The maximum absolute atomic E-state index is 8.83. The van der Waals surface area contributed by atoms with Crippen molar-refractivity contribution in [1.29, 1.82) is 0 Å². The van der Waals surface area contributed by atoms with Gasteiger partial charge in [-0.2, -0.15) is 0 Å². The molecular weight excluding hydrogens is 208 g/mol. The van der Waals surface area contributed by atoms with Gasteiger partial charge in [0.25, 0.3) is 0 Å². The van der Waals surface area contributed by atoms with Crippen molar-refractivity contribution in [3.63, 3.8) is 0 Å². The molecule has 4 heteroatoms. The van der Waals surface area contributed by atoms with E-state index in [4.69, 9.17) is 10.8 Å². The van der Waals surface area contributed by atoms with Gasteiger partial charge in [0.05, 0.1) is 17.6 Å². The molecule has 0 bridgehead atoms. The van der Waals surface area contributed by atoms with Gasteiger partial charge in [0.2, 0.25) is 0 Å². The predicted octanol–water partition coefficient (Wildman–Crippen LogP) is 1.59. The second-order valence-corrected chi connectivity index (χ2v) is 4.59. The largest absolute Gasteiger partial charge is 0.396 e. The zero-order valence-corrected chi connectivity index (χ0v) is 9.78. The van der Waals surface area contributed by atoms with E-state index >= 15 is 0 Å². The molecule has 0 aliphatic rings. The highest BCUT2D eigenvalue weighted by molar-refractivity contribution is 7.99. The van der Waals surface area contributed by atoms with E-state index < -0.39 is 0 Å². The van der Waals surface area contributed by atoms with Gasteiger partial charge in [0, 0.05) is 18.0 Å². The second kappa shape index (κ2) is 6.82. The van der Waals surface area contributed by atoms with E-state index in [1.54, 1.807) is 18.0 Å². The Balaban J connectivity index is 2.72. The van der Waals surface area contributed by atoms with Gasteiger partial charge in [0.15, 0.2) is 0 Å². The Labute approximate surface area is 95.1 Å². The number of nitrogens with two attached hydrogens (primary N) is 1. The van der Waals surface area contributed by atoms with Gasteiger partial charge >= 0.3 is 0 Å². The van der Waals surface area contributed by atoms with E-state index in [0.717, 1.165) is 12.1 Å². The van der Waals surface area contributed by atoms with Crippen molar-refractivity contribution in [3.8, 4) is 0 Å². The van der Waals surface area contributed by atoms with Gasteiger partial charge in [-0.1, -0.05) is 13.0 Å². The molecule has 84 valence electrons.